The highest BCUT2D eigenvalue weighted by atomic mass is 19.1. The third-order valence-corrected chi connectivity index (χ3v) is 6.24. The van der Waals surface area contributed by atoms with Gasteiger partial charge in [0.15, 0.2) is 0 Å². The van der Waals surface area contributed by atoms with Crippen LogP contribution in [0.25, 0.3) is 0 Å². The first-order chi connectivity index (χ1) is 17.0. The van der Waals surface area contributed by atoms with E-state index in [1.807, 2.05) is 12.1 Å². The van der Waals surface area contributed by atoms with Crippen molar-refractivity contribution in [1.82, 2.24) is 15.2 Å². The van der Waals surface area contributed by atoms with Gasteiger partial charge in [-0.1, -0.05) is 0 Å². The minimum atomic E-state index is -0.834. The van der Waals surface area contributed by atoms with Crippen LogP contribution in [0.1, 0.15) is 24.8 Å². The summed E-state index contributed by atoms with van der Waals surface area (Å²) in [6.45, 7) is 0.896. The van der Waals surface area contributed by atoms with Crippen LogP contribution in [0.15, 0.2) is 48.8 Å². The Kier molecular flexibility index (Phi) is 8.62. The lowest BCUT2D eigenvalue weighted by molar-refractivity contribution is -0.149. The zero-order chi connectivity index (χ0) is 24.6. The second-order valence-corrected chi connectivity index (χ2v) is 8.88. The maximum Gasteiger partial charge on any atom is 0.322 e. The van der Waals surface area contributed by atoms with Crippen molar-refractivity contribution in [3.8, 4) is 0 Å². The molecule has 0 aliphatic carbocycles. The number of fused-ring (bicyclic) bond motifs is 1. The topological polar surface area (TPSA) is 113 Å². The lowest BCUT2D eigenvalue weighted by Gasteiger charge is -2.44. The molecule has 4 atom stereocenters. The van der Waals surface area contributed by atoms with E-state index in [2.05, 4.69) is 15.6 Å². The number of β-amino-alcohol motifs (C(OH)–C–C–N with tert-alkyl or cyclic N) is 1. The summed E-state index contributed by atoms with van der Waals surface area (Å²) < 4.78 is 25.0. The van der Waals surface area contributed by atoms with Gasteiger partial charge < -0.3 is 30.1 Å². The summed E-state index contributed by atoms with van der Waals surface area (Å²) in [4.78, 5) is 31.1. The molecule has 1 aromatic heterocycles. The molecule has 0 unspecified atom stereocenters. The van der Waals surface area contributed by atoms with Crippen LogP contribution in [-0.2, 0) is 20.7 Å². The fraction of sp³-hybridized carbons (Fsp3) is 0.480. The minimum absolute atomic E-state index is 0.0765. The van der Waals surface area contributed by atoms with Crippen molar-refractivity contribution in [3.05, 3.63) is 60.2 Å². The molecule has 3 N–H and O–H groups in total. The number of aromatic nitrogens is 1. The number of rotatable bonds is 6. The highest BCUT2D eigenvalue weighted by Crippen LogP contribution is 2.28. The number of carbonyl (C=O) groups is 2. The Bertz CT molecular complexity index is 978. The molecule has 2 saturated heterocycles. The number of aliphatic hydroxyl groups is 1. The van der Waals surface area contributed by atoms with Gasteiger partial charge in [-0.15, -0.1) is 0 Å². The Morgan fingerprint density at radius 2 is 1.89 bits per heavy atom. The van der Waals surface area contributed by atoms with Crippen molar-refractivity contribution >= 4 is 17.6 Å². The van der Waals surface area contributed by atoms with E-state index in [1.54, 1.807) is 17.3 Å². The fourth-order valence-electron chi connectivity index (χ4n) is 4.48. The number of halogens is 1. The van der Waals surface area contributed by atoms with Crippen molar-refractivity contribution in [2.24, 2.45) is 0 Å². The van der Waals surface area contributed by atoms with Gasteiger partial charge in [-0.05, 0) is 61.2 Å². The number of nitrogens with one attached hydrogen (secondary N) is 2. The van der Waals surface area contributed by atoms with Gasteiger partial charge in [0, 0.05) is 24.6 Å². The second kappa shape index (κ2) is 12.1. The van der Waals surface area contributed by atoms with Gasteiger partial charge in [0.05, 0.1) is 44.4 Å². The zero-order valence-electron chi connectivity index (χ0n) is 19.4. The third kappa shape index (κ3) is 7.20. The molecule has 35 heavy (non-hydrogen) atoms. The first kappa shape index (κ1) is 25.0. The number of ether oxygens (including phenoxy) is 2. The van der Waals surface area contributed by atoms with Crippen LogP contribution in [0.4, 0.5) is 14.9 Å². The van der Waals surface area contributed by atoms with Crippen LogP contribution < -0.4 is 10.6 Å². The minimum Gasteiger partial charge on any atom is -0.389 e. The summed E-state index contributed by atoms with van der Waals surface area (Å²) in [6.07, 6.45) is 4.05. The number of carbonyl (C=O) groups excluding carboxylic acids is 2. The number of urea groups is 1. The van der Waals surface area contributed by atoms with E-state index in [-0.39, 0.29) is 44.2 Å². The van der Waals surface area contributed by atoms with Crippen LogP contribution in [0.3, 0.4) is 0 Å². The monoisotopic (exact) mass is 486 g/mol. The Balaban J connectivity index is 1.32. The zero-order valence-corrected chi connectivity index (χ0v) is 19.4. The molecule has 0 radical (unpaired) electrons. The molecule has 2 fully saturated rings. The molecule has 1 aromatic carbocycles. The van der Waals surface area contributed by atoms with Gasteiger partial charge in [0.2, 0.25) is 5.91 Å². The molecule has 2 aliphatic heterocycles. The van der Waals surface area contributed by atoms with E-state index in [9.17, 15) is 19.1 Å². The number of aliphatic hydroxyl groups excluding tert-OH is 1. The van der Waals surface area contributed by atoms with E-state index in [4.69, 9.17) is 9.47 Å². The van der Waals surface area contributed by atoms with Gasteiger partial charge in [-0.3, -0.25) is 9.78 Å². The smallest absolute Gasteiger partial charge is 0.322 e. The molecule has 3 amide bonds. The molecule has 2 aromatic rings. The summed E-state index contributed by atoms with van der Waals surface area (Å²) in [5, 5.41) is 16.0. The van der Waals surface area contributed by atoms with Crippen molar-refractivity contribution in [3.63, 3.8) is 0 Å². The average Bonchev–Trinajstić information content (AvgIpc) is 2.84. The standard InChI is InChI=1S/C25H31FN4O5/c26-18-1-3-19(4-2-18)29-25(33)30-14-20(31)15-34-16-23-22(30)6-5-21(35-23)13-24(32)28-12-9-17-7-10-27-11-8-17/h1-4,7-8,10-11,20-23,31H,5-6,9,12-16H2,(H,28,32)(H,29,33)/t20-,21+,22+,23-/m0/s1. The van der Waals surface area contributed by atoms with E-state index in [0.29, 0.717) is 25.1 Å². The van der Waals surface area contributed by atoms with Crippen LogP contribution in [0, 0.1) is 5.82 Å². The average molecular weight is 487 g/mol. The molecule has 4 rings (SSSR count). The molecular formula is C25H31FN4O5. The normalized spacial score (nSPS) is 24.6. The number of hydrogen-bond acceptors (Lipinski definition) is 6. The van der Waals surface area contributed by atoms with E-state index >= 15 is 0 Å². The summed E-state index contributed by atoms with van der Waals surface area (Å²) in [5.74, 6) is -0.481. The number of nitrogens with zero attached hydrogens (tertiary/aromatic N) is 2. The predicted molar refractivity (Wildman–Crippen MR) is 126 cm³/mol. The molecule has 3 heterocycles. The quantitative estimate of drug-likeness (QED) is 0.577. The van der Waals surface area contributed by atoms with Gasteiger partial charge in [0.1, 0.15) is 11.9 Å². The summed E-state index contributed by atoms with van der Waals surface area (Å²) >= 11 is 0. The van der Waals surface area contributed by atoms with E-state index in [1.165, 1.54) is 24.3 Å². The van der Waals surface area contributed by atoms with Crippen LogP contribution in [0.5, 0.6) is 0 Å². The van der Waals surface area contributed by atoms with Crippen LogP contribution in [-0.4, -0.2) is 77.6 Å². The lowest BCUT2D eigenvalue weighted by Crippen LogP contribution is -2.58. The lowest BCUT2D eigenvalue weighted by atomic mass is 9.95. The molecule has 188 valence electrons. The van der Waals surface area contributed by atoms with E-state index < -0.39 is 24.1 Å². The van der Waals surface area contributed by atoms with E-state index in [0.717, 1.165) is 12.0 Å². The maximum absolute atomic E-state index is 13.2. The van der Waals surface area contributed by atoms with Crippen molar-refractivity contribution in [2.45, 2.75) is 50.0 Å². The van der Waals surface area contributed by atoms with Crippen LogP contribution in [0.2, 0.25) is 0 Å². The second-order valence-electron chi connectivity index (χ2n) is 8.88. The maximum atomic E-state index is 13.2. The predicted octanol–water partition coefficient (Wildman–Crippen LogP) is 2.11. The highest BCUT2D eigenvalue weighted by molar-refractivity contribution is 5.89. The highest BCUT2D eigenvalue weighted by Gasteiger charge is 2.40. The van der Waals surface area contributed by atoms with Crippen LogP contribution >= 0.6 is 0 Å². The Morgan fingerprint density at radius 1 is 1.11 bits per heavy atom. The summed E-state index contributed by atoms with van der Waals surface area (Å²) in [7, 11) is 0. The Morgan fingerprint density at radius 3 is 2.66 bits per heavy atom. The van der Waals surface area contributed by atoms with Crippen molar-refractivity contribution in [2.75, 3.05) is 31.6 Å². The summed E-state index contributed by atoms with van der Waals surface area (Å²) in [6, 6.07) is 8.61. The number of amides is 3. The van der Waals surface area contributed by atoms with Gasteiger partial charge in [-0.25, -0.2) is 9.18 Å². The number of hydrogen-bond donors (Lipinski definition) is 3. The summed E-state index contributed by atoms with van der Waals surface area (Å²) in [5.41, 5.74) is 1.56. The Hall–Kier alpha value is -3.08. The molecule has 0 spiro atoms. The third-order valence-electron chi connectivity index (χ3n) is 6.24. The van der Waals surface area contributed by atoms with Gasteiger partial charge in [0.25, 0.3) is 0 Å². The molecular weight excluding hydrogens is 455 g/mol. The molecule has 10 heteroatoms. The number of pyridine rings is 1. The Labute approximate surface area is 203 Å². The number of benzene rings is 1. The molecule has 9 nitrogen and oxygen atoms in total. The van der Waals surface area contributed by atoms with Crippen molar-refractivity contribution < 1.29 is 28.6 Å². The van der Waals surface area contributed by atoms with Gasteiger partial charge >= 0.3 is 6.03 Å². The molecule has 0 saturated carbocycles. The van der Waals surface area contributed by atoms with Crippen molar-refractivity contribution in [1.29, 1.82) is 0 Å². The molecule has 0 bridgehead atoms. The van der Waals surface area contributed by atoms with Gasteiger partial charge in [-0.2, -0.15) is 0 Å². The first-order valence-corrected chi connectivity index (χ1v) is 11.9. The molecule has 2 aliphatic rings. The number of anilines is 1. The SMILES string of the molecule is O=C(C[C@H]1CC[C@@H]2[C@H](COC[C@@H](O)CN2C(=O)Nc2ccc(F)cc2)O1)NCCc1ccncc1. The fourth-order valence-corrected chi connectivity index (χ4v) is 4.48. The first-order valence-electron chi connectivity index (χ1n) is 11.9. The largest absolute Gasteiger partial charge is 0.389 e.